The van der Waals surface area contributed by atoms with Crippen molar-refractivity contribution in [2.45, 2.75) is 6.92 Å². The van der Waals surface area contributed by atoms with Crippen LogP contribution < -0.4 is 5.73 Å². The lowest BCUT2D eigenvalue weighted by molar-refractivity contribution is 1.36. The highest BCUT2D eigenvalue weighted by atomic mass is 14.9. The van der Waals surface area contributed by atoms with E-state index in [1.807, 2.05) is 43.3 Å². The molecule has 3 nitrogen and oxygen atoms in total. The van der Waals surface area contributed by atoms with Crippen LogP contribution in [0.4, 0.5) is 5.69 Å². The first-order chi connectivity index (χ1) is 8.70. The van der Waals surface area contributed by atoms with Crippen LogP contribution in [0.2, 0.25) is 0 Å². The summed E-state index contributed by atoms with van der Waals surface area (Å²) >= 11 is 0. The molecule has 0 saturated carbocycles. The minimum Gasteiger partial charge on any atom is -0.383 e. The van der Waals surface area contributed by atoms with Crippen molar-refractivity contribution in [3.63, 3.8) is 0 Å². The standard InChI is InChI=1S/C15H13N3/c1-11-9-12(10-16)7-8-14(11)18-15(17)13-5-3-2-4-6-13/h2-9H,1H3,(H2,17,18). The van der Waals surface area contributed by atoms with Gasteiger partial charge < -0.3 is 5.73 Å². The number of rotatable bonds is 2. The summed E-state index contributed by atoms with van der Waals surface area (Å²) in [6.07, 6.45) is 0. The lowest BCUT2D eigenvalue weighted by Gasteiger charge is -2.03. The first-order valence-corrected chi connectivity index (χ1v) is 5.61. The number of amidine groups is 1. The van der Waals surface area contributed by atoms with E-state index in [1.165, 1.54) is 0 Å². The fourth-order valence-corrected chi connectivity index (χ4v) is 1.65. The zero-order valence-electron chi connectivity index (χ0n) is 10.1. The molecular formula is C15H13N3. The van der Waals surface area contributed by atoms with Crippen molar-refractivity contribution < 1.29 is 0 Å². The molecule has 0 fully saturated rings. The molecule has 0 heterocycles. The largest absolute Gasteiger partial charge is 0.383 e. The number of aliphatic imine (C=N–C) groups is 1. The average Bonchev–Trinajstić information content (AvgIpc) is 2.42. The molecule has 0 aliphatic carbocycles. The lowest BCUT2D eigenvalue weighted by atomic mass is 10.1. The molecule has 2 rings (SSSR count). The number of benzene rings is 2. The van der Waals surface area contributed by atoms with Gasteiger partial charge in [-0.15, -0.1) is 0 Å². The van der Waals surface area contributed by atoms with Crippen LogP contribution in [-0.4, -0.2) is 5.84 Å². The van der Waals surface area contributed by atoms with Gasteiger partial charge in [0.1, 0.15) is 5.84 Å². The number of hydrogen-bond acceptors (Lipinski definition) is 2. The second-order valence-corrected chi connectivity index (χ2v) is 3.98. The molecule has 3 heteroatoms. The van der Waals surface area contributed by atoms with Crippen molar-refractivity contribution in [3.8, 4) is 6.07 Å². The Balaban J connectivity index is 2.37. The highest BCUT2D eigenvalue weighted by Gasteiger charge is 2.01. The van der Waals surface area contributed by atoms with E-state index in [4.69, 9.17) is 11.0 Å². The highest BCUT2D eigenvalue weighted by Crippen LogP contribution is 2.20. The number of nitrogens with two attached hydrogens (primary N) is 1. The van der Waals surface area contributed by atoms with Crippen molar-refractivity contribution in [1.82, 2.24) is 0 Å². The van der Waals surface area contributed by atoms with Gasteiger partial charge in [0, 0.05) is 5.56 Å². The second-order valence-electron chi connectivity index (χ2n) is 3.98. The van der Waals surface area contributed by atoms with E-state index in [1.54, 1.807) is 12.1 Å². The molecule has 88 valence electrons. The van der Waals surface area contributed by atoms with Crippen molar-refractivity contribution >= 4 is 11.5 Å². The van der Waals surface area contributed by atoms with Crippen LogP contribution in [0.25, 0.3) is 0 Å². The average molecular weight is 235 g/mol. The third-order valence-corrected chi connectivity index (χ3v) is 2.64. The molecule has 0 spiro atoms. The number of nitrogens with zero attached hydrogens (tertiary/aromatic N) is 2. The minimum atomic E-state index is 0.475. The quantitative estimate of drug-likeness (QED) is 0.642. The number of hydrogen-bond donors (Lipinski definition) is 1. The molecule has 0 aliphatic heterocycles. The summed E-state index contributed by atoms with van der Waals surface area (Å²) in [5.74, 6) is 0.475. The van der Waals surface area contributed by atoms with E-state index in [-0.39, 0.29) is 0 Å². The molecule has 18 heavy (non-hydrogen) atoms. The molecule has 2 aromatic rings. The van der Waals surface area contributed by atoms with Gasteiger partial charge in [0.15, 0.2) is 0 Å². The molecular weight excluding hydrogens is 222 g/mol. The van der Waals surface area contributed by atoms with Crippen LogP contribution in [0.3, 0.4) is 0 Å². The van der Waals surface area contributed by atoms with Gasteiger partial charge in [-0.05, 0) is 30.7 Å². The zero-order valence-corrected chi connectivity index (χ0v) is 10.1. The normalized spacial score (nSPS) is 11.0. The van der Waals surface area contributed by atoms with Gasteiger partial charge in [0.2, 0.25) is 0 Å². The Morgan fingerprint density at radius 2 is 1.89 bits per heavy atom. The lowest BCUT2D eigenvalue weighted by Crippen LogP contribution is -2.12. The fraction of sp³-hybridized carbons (Fsp3) is 0.0667. The molecule has 0 aliphatic rings. The third-order valence-electron chi connectivity index (χ3n) is 2.64. The molecule has 2 aromatic carbocycles. The summed E-state index contributed by atoms with van der Waals surface area (Å²) in [5.41, 5.74) is 9.20. The van der Waals surface area contributed by atoms with Gasteiger partial charge in [-0.2, -0.15) is 5.26 Å². The molecule has 0 bridgehead atoms. The van der Waals surface area contributed by atoms with Crippen LogP contribution in [0, 0.1) is 18.3 Å². The Morgan fingerprint density at radius 3 is 2.50 bits per heavy atom. The maximum Gasteiger partial charge on any atom is 0.131 e. The van der Waals surface area contributed by atoms with E-state index in [0.29, 0.717) is 11.4 Å². The molecule has 0 unspecified atom stereocenters. The Bertz CT molecular complexity index is 622. The van der Waals surface area contributed by atoms with Crippen molar-refractivity contribution in [3.05, 3.63) is 65.2 Å². The maximum atomic E-state index is 8.80. The van der Waals surface area contributed by atoms with Gasteiger partial charge in [-0.25, -0.2) is 4.99 Å². The van der Waals surface area contributed by atoms with Gasteiger partial charge >= 0.3 is 0 Å². The Kier molecular flexibility index (Phi) is 3.40. The van der Waals surface area contributed by atoms with Crippen LogP contribution in [0.5, 0.6) is 0 Å². The predicted octanol–water partition coefficient (Wildman–Crippen LogP) is 2.90. The Labute approximate surface area is 106 Å². The SMILES string of the molecule is Cc1cc(C#N)ccc1N=C(N)c1ccccc1. The fourth-order valence-electron chi connectivity index (χ4n) is 1.65. The molecule has 0 radical (unpaired) electrons. The van der Waals surface area contributed by atoms with Gasteiger partial charge in [-0.1, -0.05) is 30.3 Å². The molecule has 2 N–H and O–H groups in total. The van der Waals surface area contributed by atoms with E-state index in [9.17, 15) is 0 Å². The zero-order chi connectivity index (χ0) is 13.0. The number of nitriles is 1. The van der Waals surface area contributed by atoms with Crippen molar-refractivity contribution in [1.29, 1.82) is 5.26 Å². The Morgan fingerprint density at radius 1 is 1.17 bits per heavy atom. The third kappa shape index (κ3) is 2.55. The minimum absolute atomic E-state index is 0.475. The summed E-state index contributed by atoms with van der Waals surface area (Å²) in [5, 5.41) is 8.80. The number of aryl methyl sites for hydroxylation is 1. The smallest absolute Gasteiger partial charge is 0.131 e. The Hall–Kier alpha value is -2.60. The summed E-state index contributed by atoms with van der Waals surface area (Å²) in [7, 11) is 0. The first kappa shape index (κ1) is 11.9. The van der Waals surface area contributed by atoms with Gasteiger partial charge in [-0.3, -0.25) is 0 Å². The van der Waals surface area contributed by atoms with E-state index in [2.05, 4.69) is 11.1 Å². The van der Waals surface area contributed by atoms with E-state index in [0.717, 1.165) is 16.8 Å². The summed E-state index contributed by atoms with van der Waals surface area (Å²) in [6, 6.07) is 17.1. The van der Waals surface area contributed by atoms with Crippen molar-refractivity contribution in [2.75, 3.05) is 0 Å². The monoisotopic (exact) mass is 235 g/mol. The van der Waals surface area contributed by atoms with E-state index < -0.39 is 0 Å². The maximum absolute atomic E-state index is 8.80. The summed E-state index contributed by atoms with van der Waals surface area (Å²) < 4.78 is 0. The van der Waals surface area contributed by atoms with Crippen LogP contribution in [0.15, 0.2) is 53.5 Å². The summed E-state index contributed by atoms with van der Waals surface area (Å²) in [6.45, 7) is 1.91. The van der Waals surface area contributed by atoms with Gasteiger partial charge in [0.05, 0.1) is 17.3 Å². The second kappa shape index (κ2) is 5.15. The predicted molar refractivity (Wildman–Crippen MR) is 72.7 cm³/mol. The molecule has 0 aromatic heterocycles. The van der Waals surface area contributed by atoms with Crippen LogP contribution in [0.1, 0.15) is 16.7 Å². The summed E-state index contributed by atoms with van der Waals surface area (Å²) in [4.78, 5) is 4.39. The van der Waals surface area contributed by atoms with Crippen LogP contribution >= 0.6 is 0 Å². The first-order valence-electron chi connectivity index (χ1n) is 5.61. The molecule has 0 amide bonds. The highest BCUT2D eigenvalue weighted by molar-refractivity contribution is 5.99. The van der Waals surface area contributed by atoms with Crippen molar-refractivity contribution in [2.24, 2.45) is 10.7 Å². The van der Waals surface area contributed by atoms with Crippen LogP contribution in [-0.2, 0) is 0 Å². The molecule has 0 atom stereocenters. The van der Waals surface area contributed by atoms with E-state index >= 15 is 0 Å². The van der Waals surface area contributed by atoms with Gasteiger partial charge in [0.25, 0.3) is 0 Å². The molecule has 0 saturated heterocycles. The topological polar surface area (TPSA) is 62.2 Å².